The van der Waals surface area contributed by atoms with E-state index in [9.17, 15) is 0 Å². The first-order chi connectivity index (χ1) is 13.2. The zero-order chi connectivity index (χ0) is 19.1. The molecule has 0 bridgehead atoms. The maximum Gasteiger partial charge on any atom is 0.191 e. The Bertz CT molecular complexity index is 899. The summed E-state index contributed by atoms with van der Waals surface area (Å²) in [6, 6.07) is 12.2. The zero-order valence-corrected chi connectivity index (χ0v) is 16.2. The quantitative estimate of drug-likeness (QED) is 0.384. The highest BCUT2D eigenvalue weighted by Gasteiger charge is 2.04. The van der Waals surface area contributed by atoms with Crippen LogP contribution in [0.4, 0.5) is 0 Å². The lowest BCUT2D eigenvalue weighted by atomic mass is 10.2. The van der Waals surface area contributed by atoms with Gasteiger partial charge in [-0.1, -0.05) is 23.8 Å². The van der Waals surface area contributed by atoms with Gasteiger partial charge in [-0.15, -0.1) is 0 Å². The van der Waals surface area contributed by atoms with Crippen molar-refractivity contribution in [1.82, 2.24) is 20.0 Å². The summed E-state index contributed by atoms with van der Waals surface area (Å²) in [6.07, 6.45) is 4.94. The van der Waals surface area contributed by atoms with E-state index < -0.39 is 0 Å². The summed E-state index contributed by atoms with van der Waals surface area (Å²) in [7, 11) is 1.77. The molecule has 0 saturated carbocycles. The van der Waals surface area contributed by atoms with E-state index in [0.29, 0.717) is 13.2 Å². The van der Waals surface area contributed by atoms with E-state index in [1.807, 2.05) is 36.5 Å². The Hall–Kier alpha value is -3.02. The van der Waals surface area contributed by atoms with E-state index in [2.05, 4.69) is 46.1 Å². The van der Waals surface area contributed by atoms with Crippen molar-refractivity contribution < 1.29 is 4.74 Å². The molecule has 2 N–H and O–H groups in total. The van der Waals surface area contributed by atoms with Gasteiger partial charge in [-0.2, -0.15) is 0 Å². The molecule has 6 heteroatoms. The number of benzene rings is 1. The number of guanidine groups is 1. The molecule has 1 aromatic carbocycles. The minimum absolute atomic E-state index is 0.579. The number of aromatic nitrogens is 2. The number of nitrogens with zero attached hydrogens (tertiary/aromatic N) is 3. The first kappa shape index (κ1) is 18.8. The number of aliphatic imine (C=N–C) groups is 1. The van der Waals surface area contributed by atoms with Crippen molar-refractivity contribution in [1.29, 1.82) is 0 Å². The Labute approximate surface area is 160 Å². The summed E-state index contributed by atoms with van der Waals surface area (Å²) in [5, 5.41) is 6.58. The first-order valence-electron chi connectivity index (χ1n) is 9.23. The van der Waals surface area contributed by atoms with E-state index in [0.717, 1.165) is 36.0 Å². The van der Waals surface area contributed by atoms with Crippen molar-refractivity contribution in [3.8, 4) is 5.75 Å². The standard InChI is InChI=1S/C21H27N5O/c1-16-6-8-19(9-7-16)27-14-12-24-21(22-3)23-11-10-18-15-26-13-4-5-17(2)20(26)25-18/h4-9,13,15H,10-12,14H2,1-3H3,(H2,22,23,24). The lowest BCUT2D eigenvalue weighted by molar-refractivity contribution is 0.322. The molecule has 27 heavy (non-hydrogen) atoms. The second-order valence-electron chi connectivity index (χ2n) is 6.49. The second kappa shape index (κ2) is 9.07. The maximum atomic E-state index is 5.72. The maximum absolute atomic E-state index is 5.72. The molecule has 0 amide bonds. The van der Waals surface area contributed by atoms with E-state index in [4.69, 9.17) is 9.72 Å². The van der Waals surface area contributed by atoms with Crippen molar-refractivity contribution in [3.63, 3.8) is 0 Å². The smallest absolute Gasteiger partial charge is 0.191 e. The molecule has 2 heterocycles. The molecule has 0 radical (unpaired) electrons. The second-order valence-corrected chi connectivity index (χ2v) is 6.49. The van der Waals surface area contributed by atoms with Gasteiger partial charge in [0.25, 0.3) is 0 Å². The molecule has 0 fully saturated rings. The predicted molar refractivity (Wildman–Crippen MR) is 110 cm³/mol. The third-order valence-corrected chi connectivity index (χ3v) is 4.31. The molecular formula is C21H27N5O. The van der Waals surface area contributed by atoms with Crippen LogP contribution in [0.2, 0.25) is 0 Å². The minimum atomic E-state index is 0.579. The zero-order valence-electron chi connectivity index (χ0n) is 16.2. The van der Waals surface area contributed by atoms with E-state index >= 15 is 0 Å². The Morgan fingerprint density at radius 1 is 1.11 bits per heavy atom. The van der Waals surface area contributed by atoms with Crippen molar-refractivity contribution in [3.05, 3.63) is 65.6 Å². The number of ether oxygens (including phenoxy) is 1. The highest BCUT2D eigenvalue weighted by molar-refractivity contribution is 5.79. The number of imidazole rings is 1. The number of hydrogen-bond donors (Lipinski definition) is 2. The van der Waals surface area contributed by atoms with Crippen molar-refractivity contribution in [2.75, 3.05) is 26.7 Å². The van der Waals surface area contributed by atoms with Crippen LogP contribution in [0, 0.1) is 13.8 Å². The molecule has 0 atom stereocenters. The Morgan fingerprint density at radius 2 is 1.89 bits per heavy atom. The topological polar surface area (TPSA) is 63.0 Å². The van der Waals surface area contributed by atoms with Crippen LogP contribution < -0.4 is 15.4 Å². The molecule has 0 unspecified atom stereocenters. The Kier molecular flexibility index (Phi) is 6.30. The summed E-state index contributed by atoms with van der Waals surface area (Å²) < 4.78 is 7.79. The van der Waals surface area contributed by atoms with Gasteiger partial charge in [-0.05, 0) is 37.6 Å². The lowest BCUT2D eigenvalue weighted by Gasteiger charge is -2.12. The molecule has 6 nitrogen and oxygen atoms in total. The van der Waals surface area contributed by atoms with Gasteiger partial charge in [0.05, 0.1) is 12.2 Å². The molecule has 142 valence electrons. The van der Waals surface area contributed by atoms with Gasteiger partial charge in [0.1, 0.15) is 18.0 Å². The normalized spacial score (nSPS) is 11.6. The molecule has 0 saturated heterocycles. The van der Waals surface area contributed by atoms with Crippen LogP contribution in [0.1, 0.15) is 16.8 Å². The molecule has 3 rings (SSSR count). The highest BCUT2D eigenvalue weighted by Crippen LogP contribution is 2.11. The Balaban J connectivity index is 1.39. The van der Waals surface area contributed by atoms with E-state index in [1.54, 1.807) is 7.05 Å². The van der Waals surface area contributed by atoms with Gasteiger partial charge in [0, 0.05) is 32.4 Å². The van der Waals surface area contributed by atoms with E-state index in [-0.39, 0.29) is 0 Å². The predicted octanol–water partition coefficient (Wildman–Crippen LogP) is 2.74. The van der Waals surface area contributed by atoms with Crippen LogP contribution in [-0.4, -0.2) is 42.1 Å². The molecule has 0 spiro atoms. The van der Waals surface area contributed by atoms with Gasteiger partial charge >= 0.3 is 0 Å². The number of hydrogen-bond acceptors (Lipinski definition) is 3. The average Bonchev–Trinajstić information content (AvgIpc) is 3.09. The summed E-state index contributed by atoms with van der Waals surface area (Å²) in [5.74, 6) is 1.65. The largest absolute Gasteiger partial charge is 0.492 e. The van der Waals surface area contributed by atoms with Gasteiger partial charge in [0.15, 0.2) is 5.96 Å². The number of fused-ring (bicyclic) bond motifs is 1. The number of nitrogens with one attached hydrogen (secondary N) is 2. The van der Waals surface area contributed by atoms with Crippen molar-refractivity contribution >= 4 is 11.6 Å². The molecule has 2 aromatic heterocycles. The van der Waals surface area contributed by atoms with Crippen LogP contribution in [0.3, 0.4) is 0 Å². The fourth-order valence-electron chi connectivity index (χ4n) is 2.83. The van der Waals surface area contributed by atoms with Gasteiger partial charge < -0.3 is 19.8 Å². The van der Waals surface area contributed by atoms with Crippen molar-refractivity contribution in [2.24, 2.45) is 4.99 Å². The SMILES string of the molecule is CN=C(NCCOc1ccc(C)cc1)NCCc1cn2cccc(C)c2n1. The average molecular weight is 365 g/mol. The molecule has 3 aromatic rings. The highest BCUT2D eigenvalue weighted by atomic mass is 16.5. The van der Waals surface area contributed by atoms with Crippen LogP contribution in [0.25, 0.3) is 5.65 Å². The molecule has 0 aliphatic carbocycles. The molecule has 0 aliphatic heterocycles. The Morgan fingerprint density at radius 3 is 2.63 bits per heavy atom. The number of rotatable bonds is 7. The lowest BCUT2D eigenvalue weighted by Crippen LogP contribution is -2.40. The van der Waals surface area contributed by atoms with Gasteiger partial charge in [-0.25, -0.2) is 4.98 Å². The third-order valence-electron chi connectivity index (χ3n) is 4.31. The van der Waals surface area contributed by atoms with Crippen LogP contribution >= 0.6 is 0 Å². The van der Waals surface area contributed by atoms with Crippen molar-refractivity contribution in [2.45, 2.75) is 20.3 Å². The number of aryl methyl sites for hydroxylation is 2. The van der Waals surface area contributed by atoms with E-state index in [1.165, 1.54) is 11.1 Å². The fraction of sp³-hybridized carbons (Fsp3) is 0.333. The molecule has 0 aliphatic rings. The third kappa shape index (κ3) is 5.23. The summed E-state index contributed by atoms with van der Waals surface area (Å²) >= 11 is 0. The number of pyridine rings is 1. The monoisotopic (exact) mass is 365 g/mol. The van der Waals surface area contributed by atoms with Crippen LogP contribution in [0.15, 0.2) is 53.8 Å². The summed E-state index contributed by atoms with van der Waals surface area (Å²) in [5.41, 5.74) is 4.49. The summed E-state index contributed by atoms with van der Waals surface area (Å²) in [4.78, 5) is 8.94. The van der Waals surface area contributed by atoms with Gasteiger partial charge in [0.2, 0.25) is 0 Å². The summed E-state index contributed by atoms with van der Waals surface area (Å²) in [6.45, 7) is 6.17. The first-order valence-corrected chi connectivity index (χ1v) is 9.23. The minimum Gasteiger partial charge on any atom is -0.492 e. The van der Waals surface area contributed by atoms with Gasteiger partial charge in [-0.3, -0.25) is 4.99 Å². The van der Waals surface area contributed by atoms with Crippen LogP contribution in [-0.2, 0) is 6.42 Å². The van der Waals surface area contributed by atoms with Crippen LogP contribution in [0.5, 0.6) is 5.75 Å². The fourth-order valence-corrected chi connectivity index (χ4v) is 2.83. The molecular weight excluding hydrogens is 338 g/mol.